The minimum atomic E-state index is -0.667. The van der Waals surface area contributed by atoms with Crippen LogP contribution in [0.25, 0.3) is 0 Å². The van der Waals surface area contributed by atoms with Crippen molar-refractivity contribution in [1.82, 2.24) is 0 Å². The van der Waals surface area contributed by atoms with E-state index >= 15 is 0 Å². The Morgan fingerprint density at radius 2 is 1.73 bits per heavy atom. The molecule has 3 nitrogen and oxygen atoms in total. The van der Waals surface area contributed by atoms with E-state index in [4.69, 9.17) is 0 Å². The van der Waals surface area contributed by atoms with Gasteiger partial charge in [0.2, 0.25) is 0 Å². The van der Waals surface area contributed by atoms with E-state index in [9.17, 15) is 15.2 Å². The van der Waals surface area contributed by atoms with Gasteiger partial charge in [0.05, 0.1) is 6.07 Å². The van der Waals surface area contributed by atoms with Crippen molar-refractivity contribution in [2.24, 2.45) is 29.1 Å². The van der Waals surface area contributed by atoms with E-state index in [1.807, 2.05) is 0 Å². The molecule has 0 saturated heterocycles. The lowest BCUT2D eigenvalue weighted by Crippen LogP contribution is -2.43. The lowest BCUT2D eigenvalue weighted by molar-refractivity contribution is -0.137. The summed E-state index contributed by atoms with van der Waals surface area (Å²) in [4.78, 5) is 11.2. The van der Waals surface area contributed by atoms with Crippen molar-refractivity contribution in [2.75, 3.05) is 0 Å². The molecule has 0 radical (unpaired) electrons. The lowest BCUT2D eigenvalue weighted by atomic mass is 9.53. The van der Waals surface area contributed by atoms with Crippen LogP contribution in [0, 0.1) is 40.4 Å². The Balaban J connectivity index is 2.05. The third kappa shape index (κ3) is 7.58. The summed E-state index contributed by atoms with van der Waals surface area (Å²) in [6, 6.07) is 2.60. The number of hydrogen-bond acceptors (Lipinski definition) is 2. The van der Waals surface area contributed by atoms with E-state index in [-0.39, 0.29) is 12.3 Å². The van der Waals surface area contributed by atoms with Gasteiger partial charge in [-0.1, -0.05) is 78.1 Å². The van der Waals surface area contributed by atoms with Crippen molar-refractivity contribution < 1.29 is 9.90 Å². The second-order valence-electron chi connectivity index (χ2n) is 10.6. The molecule has 0 bridgehead atoms. The molecular formula is C27H47NO2. The largest absolute Gasteiger partial charge is 0.481 e. The quantitative estimate of drug-likeness (QED) is 0.308. The lowest BCUT2D eigenvalue weighted by Gasteiger charge is -2.51. The van der Waals surface area contributed by atoms with Gasteiger partial charge < -0.3 is 5.11 Å². The van der Waals surface area contributed by atoms with Crippen molar-refractivity contribution in [3.05, 3.63) is 0 Å². The molecule has 4 atom stereocenters. The van der Waals surface area contributed by atoms with Crippen LogP contribution >= 0.6 is 0 Å². The summed E-state index contributed by atoms with van der Waals surface area (Å²) >= 11 is 0. The summed E-state index contributed by atoms with van der Waals surface area (Å²) in [5, 5.41) is 18.9. The zero-order valence-corrected chi connectivity index (χ0v) is 19.8. The predicted molar refractivity (Wildman–Crippen MR) is 124 cm³/mol. The van der Waals surface area contributed by atoms with E-state index in [0.717, 1.165) is 25.7 Å². The van der Waals surface area contributed by atoms with Crippen molar-refractivity contribution in [3.63, 3.8) is 0 Å². The Morgan fingerprint density at radius 3 is 2.37 bits per heavy atom. The first-order valence-corrected chi connectivity index (χ1v) is 13.1. The Morgan fingerprint density at radius 1 is 1.07 bits per heavy atom. The van der Waals surface area contributed by atoms with Gasteiger partial charge >= 0.3 is 5.97 Å². The molecule has 2 aliphatic carbocycles. The molecule has 0 amide bonds. The molecule has 172 valence electrons. The summed E-state index contributed by atoms with van der Waals surface area (Å²) in [5.41, 5.74) is 0.416. The first kappa shape index (κ1) is 25.2. The van der Waals surface area contributed by atoms with Crippen LogP contribution < -0.4 is 0 Å². The summed E-state index contributed by atoms with van der Waals surface area (Å²) in [7, 11) is 0. The third-order valence-corrected chi connectivity index (χ3v) is 8.54. The molecule has 2 aliphatic rings. The molecule has 1 N–H and O–H groups in total. The standard InChI is InChI=1S/C27H47NO2/c1-3-4-5-6-7-8-10-17-27(18-11-9-12-19-27)25-20-23(21-28)14-15-24(25)22(2)13-16-26(29)30/h22-25H,3-20H2,1-2H3,(H,29,30). The molecule has 0 heterocycles. The van der Waals surface area contributed by atoms with Crippen molar-refractivity contribution in [2.45, 2.75) is 129 Å². The van der Waals surface area contributed by atoms with Crippen molar-refractivity contribution in [3.8, 4) is 6.07 Å². The van der Waals surface area contributed by atoms with Crippen LogP contribution in [0.4, 0.5) is 0 Å². The predicted octanol–water partition coefficient (Wildman–Crippen LogP) is 8.13. The zero-order chi connectivity index (χ0) is 21.8. The maximum atomic E-state index is 11.2. The molecule has 3 heteroatoms. The number of nitriles is 1. The molecule has 0 aromatic heterocycles. The second-order valence-corrected chi connectivity index (χ2v) is 10.6. The van der Waals surface area contributed by atoms with Crippen LogP contribution in [0.1, 0.15) is 129 Å². The minimum Gasteiger partial charge on any atom is -0.481 e. The number of aliphatic carboxylic acids is 1. The first-order chi connectivity index (χ1) is 14.5. The van der Waals surface area contributed by atoms with Crippen LogP contribution in [0.15, 0.2) is 0 Å². The van der Waals surface area contributed by atoms with E-state index in [0.29, 0.717) is 23.2 Å². The normalized spacial score (nSPS) is 27.3. The average Bonchev–Trinajstić information content (AvgIpc) is 2.77. The summed E-state index contributed by atoms with van der Waals surface area (Å²) in [6.07, 6.45) is 21.9. The molecule has 30 heavy (non-hydrogen) atoms. The zero-order valence-electron chi connectivity index (χ0n) is 19.8. The van der Waals surface area contributed by atoms with Gasteiger partial charge in [0.15, 0.2) is 0 Å². The van der Waals surface area contributed by atoms with Crippen molar-refractivity contribution >= 4 is 5.97 Å². The summed E-state index contributed by atoms with van der Waals surface area (Å²) in [5.74, 6) is 1.24. The average molecular weight is 418 g/mol. The van der Waals surface area contributed by atoms with Crippen LogP contribution in [-0.4, -0.2) is 11.1 Å². The van der Waals surface area contributed by atoms with Gasteiger partial charge in [-0.25, -0.2) is 0 Å². The number of carboxylic acids is 1. The Kier molecular flexibility index (Phi) is 11.3. The fraction of sp³-hybridized carbons (Fsp3) is 0.926. The highest BCUT2D eigenvalue weighted by Gasteiger charge is 2.46. The van der Waals surface area contributed by atoms with Gasteiger partial charge in [0.1, 0.15) is 0 Å². The van der Waals surface area contributed by atoms with Gasteiger partial charge in [-0.3, -0.25) is 4.79 Å². The van der Waals surface area contributed by atoms with Crippen LogP contribution in [0.3, 0.4) is 0 Å². The monoisotopic (exact) mass is 417 g/mol. The van der Waals surface area contributed by atoms with E-state index in [1.54, 1.807) is 0 Å². The van der Waals surface area contributed by atoms with Crippen LogP contribution in [0.2, 0.25) is 0 Å². The number of nitrogens with zero attached hydrogens (tertiary/aromatic N) is 1. The third-order valence-electron chi connectivity index (χ3n) is 8.54. The fourth-order valence-electron chi connectivity index (χ4n) is 6.76. The Hall–Kier alpha value is -1.04. The van der Waals surface area contributed by atoms with Gasteiger partial charge in [0.25, 0.3) is 0 Å². The molecule has 2 saturated carbocycles. The van der Waals surface area contributed by atoms with Gasteiger partial charge in [-0.05, 0) is 68.1 Å². The molecular weight excluding hydrogens is 370 g/mol. The second kappa shape index (κ2) is 13.4. The topological polar surface area (TPSA) is 61.1 Å². The summed E-state index contributed by atoms with van der Waals surface area (Å²) in [6.45, 7) is 4.57. The fourth-order valence-corrected chi connectivity index (χ4v) is 6.76. The molecule has 4 unspecified atom stereocenters. The maximum Gasteiger partial charge on any atom is 0.303 e. The van der Waals surface area contributed by atoms with Gasteiger partial charge in [-0.2, -0.15) is 5.26 Å². The van der Waals surface area contributed by atoms with E-state index in [1.165, 1.54) is 83.5 Å². The first-order valence-electron chi connectivity index (χ1n) is 13.1. The number of hydrogen-bond donors (Lipinski definition) is 1. The Bertz CT molecular complexity index is 531. The smallest absolute Gasteiger partial charge is 0.303 e. The molecule has 2 fully saturated rings. The van der Waals surface area contributed by atoms with Crippen molar-refractivity contribution in [1.29, 1.82) is 5.26 Å². The highest BCUT2D eigenvalue weighted by molar-refractivity contribution is 5.66. The van der Waals surface area contributed by atoms with Gasteiger partial charge in [0, 0.05) is 12.3 Å². The summed E-state index contributed by atoms with van der Waals surface area (Å²) < 4.78 is 0. The molecule has 0 aliphatic heterocycles. The molecule has 0 spiro atoms. The van der Waals surface area contributed by atoms with E-state index in [2.05, 4.69) is 19.9 Å². The molecule has 2 rings (SSSR count). The maximum absolute atomic E-state index is 11.2. The highest BCUT2D eigenvalue weighted by atomic mass is 16.4. The number of unbranched alkanes of at least 4 members (excludes halogenated alkanes) is 6. The number of carbonyl (C=O) groups is 1. The van der Waals surface area contributed by atoms with Gasteiger partial charge in [-0.15, -0.1) is 0 Å². The number of rotatable bonds is 13. The molecule has 0 aromatic rings. The van der Waals surface area contributed by atoms with Crippen LogP contribution in [0.5, 0.6) is 0 Å². The minimum absolute atomic E-state index is 0.214. The number of carboxylic acid groups (broad SMARTS) is 1. The molecule has 0 aromatic carbocycles. The SMILES string of the molecule is CCCCCCCCCC1(C2CC(C#N)CCC2C(C)CCC(=O)O)CCCCC1. The van der Waals surface area contributed by atoms with Crippen LogP contribution in [-0.2, 0) is 4.79 Å². The van der Waals surface area contributed by atoms with E-state index < -0.39 is 5.97 Å². The Labute approximate surface area is 186 Å². The highest BCUT2D eigenvalue weighted by Crippen LogP contribution is 2.56.